The lowest BCUT2D eigenvalue weighted by Gasteiger charge is -2.07. The summed E-state index contributed by atoms with van der Waals surface area (Å²) in [6.45, 7) is 5.88. The first kappa shape index (κ1) is 15.6. The lowest BCUT2D eigenvalue weighted by molar-refractivity contribution is -0.690. The zero-order valence-electron chi connectivity index (χ0n) is 12.8. The third kappa shape index (κ3) is 3.46. The molecule has 0 bridgehead atoms. The van der Waals surface area contributed by atoms with Gasteiger partial charge >= 0.3 is 0 Å². The maximum Gasteiger partial charge on any atom is 0.290 e. The van der Waals surface area contributed by atoms with E-state index in [0.717, 1.165) is 16.8 Å². The molecule has 2 aromatic rings. The Morgan fingerprint density at radius 3 is 2.64 bits per heavy atom. The average molecular weight is 300 g/mol. The Morgan fingerprint density at radius 2 is 1.95 bits per heavy atom. The number of hydrogen-bond donors (Lipinski definition) is 1. The van der Waals surface area contributed by atoms with Crippen molar-refractivity contribution in [3.8, 4) is 0 Å². The average Bonchev–Trinajstić information content (AvgIpc) is 2.46. The normalized spacial score (nSPS) is 10.3. The Labute approximate surface area is 128 Å². The van der Waals surface area contributed by atoms with Crippen molar-refractivity contribution in [3.63, 3.8) is 0 Å². The molecule has 22 heavy (non-hydrogen) atoms. The van der Waals surface area contributed by atoms with E-state index in [1.54, 1.807) is 13.0 Å². The number of benzene rings is 1. The van der Waals surface area contributed by atoms with Gasteiger partial charge in [0.2, 0.25) is 6.54 Å². The van der Waals surface area contributed by atoms with Crippen LogP contribution in [0.2, 0.25) is 0 Å². The quantitative estimate of drug-likeness (QED) is 0.535. The zero-order chi connectivity index (χ0) is 16.3. The van der Waals surface area contributed by atoms with E-state index in [0.29, 0.717) is 5.69 Å². The first-order chi connectivity index (χ1) is 10.4. The molecular formula is C16H18N3O3+. The second-order valence-corrected chi connectivity index (χ2v) is 5.21. The van der Waals surface area contributed by atoms with Gasteiger partial charge in [-0.15, -0.1) is 0 Å². The fourth-order valence-corrected chi connectivity index (χ4v) is 2.12. The van der Waals surface area contributed by atoms with Crippen LogP contribution in [0.5, 0.6) is 0 Å². The maximum absolute atomic E-state index is 12.2. The van der Waals surface area contributed by atoms with E-state index in [1.807, 2.05) is 36.7 Å². The smallest absolute Gasteiger partial charge is 0.290 e. The van der Waals surface area contributed by atoms with Crippen molar-refractivity contribution in [2.75, 3.05) is 5.32 Å². The van der Waals surface area contributed by atoms with Crippen LogP contribution in [-0.4, -0.2) is 10.8 Å². The fraction of sp³-hybridized carbons (Fsp3) is 0.250. The van der Waals surface area contributed by atoms with E-state index in [-0.39, 0.29) is 18.1 Å². The molecule has 0 saturated carbocycles. The first-order valence-electron chi connectivity index (χ1n) is 6.89. The van der Waals surface area contributed by atoms with E-state index < -0.39 is 4.92 Å². The van der Waals surface area contributed by atoms with E-state index >= 15 is 0 Å². The molecule has 0 saturated heterocycles. The van der Waals surface area contributed by atoms with Crippen molar-refractivity contribution in [2.24, 2.45) is 0 Å². The number of nitrogens with zero attached hydrogens (tertiary/aromatic N) is 2. The number of non-ortho nitro benzene ring substituents is 1. The zero-order valence-corrected chi connectivity index (χ0v) is 12.8. The van der Waals surface area contributed by atoms with Crippen molar-refractivity contribution < 1.29 is 14.3 Å². The molecule has 1 amide bonds. The van der Waals surface area contributed by atoms with Crippen molar-refractivity contribution >= 4 is 17.3 Å². The van der Waals surface area contributed by atoms with Gasteiger partial charge in [0, 0.05) is 30.7 Å². The topological polar surface area (TPSA) is 76.1 Å². The van der Waals surface area contributed by atoms with Crippen LogP contribution in [0.1, 0.15) is 16.8 Å². The van der Waals surface area contributed by atoms with Gasteiger partial charge in [0.05, 0.1) is 10.6 Å². The molecule has 6 heteroatoms. The molecule has 0 atom stereocenters. The number of rotatable bonds is 4. The highest BCUT2D eigenvalue weighted by Crippen LogP contribution is 2.21. The predicted molar refractivity (Wildman–Crippen MR) is 82.6 cm³/mol. The largest absolute Gasteiger partial charge is 0.320 e. The molecule has 0 unspecified atom stereocenters. The minimum atomic E-state index is -0.478. The molecule has 1 heterocycles. The monoisotopic (exact) mass is 300 g/mol. The SMILES string of the molecule is Cc1ccc([N+](=O)[O-])cc1NC(=O)C[n+]1cccc(C)c1C. The number of nitrogens with one attached hydrogen (secondary N) is 1. The third-order valence-corrected chi connectivity index (χ3v) is 3.63. The summed E-state index contributed by atoms with van der Waals surface area (Å²) in [6.07, 6.45) is 1.84. The predicted octanol–water partition coefficient (Wildman–Crippen LogP) is 2.45. The molecule has 0 aliphatic heterocycles. The molecule has 1 N–H and O–H groups in total. The van der Waals surface area contributed by atoms with Crippen LogP contribution in [0.3, 0.4) is 0 Å². The third-order valence-electron chi connectivity index (χ3n) is 3.63. The summed E-state index contributed by atoms with van der Waals surface area (Å²) in [7, 11) is 0. The number of nitro groups is 1. The molecule has 2 rings (SSSR count). The molecule has 0 aliphatic rings. The van der Waals surface area contributed by atoms with Gasteiger partial charge in [-0.3, -0.25) is 14.9 Å². The molecule has 0 aliphatic carbocycles. The number of aryl methyl sites for hydroxylation is 2. The first-order valence-corrected chi connectivity index (χ1v) is 6.89. The van der Waals surface area contributed by atoms with Crippen LogP contribution in [0.25, 0.3) is 0 Å². The minimum Gasteiger partial charge on any atom is -0.320 e. The fourth-order valence-electron chi connectivity index (χ4n) is 2.12. The van der Waals surface area contributed by atoms with Crippen LogP contribution in [0.15, 0.2) is 36.5 Å². The van der Waals surface area contributed by atoms with Gasteiger partial charge in [-0.05, 0) is 25.5 Å². The molecule has 6 nitrogen and oxygen atoms in total. The highest BCUT2D eigenvalue weighted by Gasteiger charge is 2.16. The molecule has 0 radical (unpaired) electrons. The van der Waals surface area contributed by atoms with Gasteiger partial charge in [0.15, 0.2) is 11.9 Å². The number of pyridine rings is 1. The number of nitro benzene ring substituents is 1. The summed E-state index contributed by atoms with van der Waals surface area (Å²) < 4.78 is 1.84. The Bertz CT molecular complexity index is 741. The summed E-state index contributed by atoms with van der Waals surface area (Å²) in [4.78, 5) is 22.5. The standard InChI is InChI=1S/C16H17N3O3/c1-11-5-4-8-18(13(11)3)10-16(20)17-15-9-14(19(21)22)7-6-12(15)2/h4-9H,10H2,1-3H3/p+1. The van der Waals surface area contributed by atoms with Crippen LogP contribution in [0.4, 0.5) is 11.4 Å². The van der Waals surface area contributed by atoms with Crippen molar-refractivity contribution in [1.82, 2.24) is 0 Å². The number of amides is 1. The Kier molecular flexibility index (Phi) is 4.50. The summed E-state index contributed by atoms with van der Waals surface area (Å²) in [5.74, 6) is -0.220. The number of carbonyl (C=O) groups excluding carboxylic acids is 1. The molecule has 1 aromatic heterocycles. The van der Waals surface area contributed by atoms with Gasteiger partial charge in [-0.1, -0.05) is 6.07 Å². The van der Waals surface area contributed by atoms with Gasteiger partial charge in [-0.25, -0.2) is 0 Å². The van der Waals surface area contributed by atoms with E-state index in [4.69, 9.17) is 0 Å². The van der Waals surface area contributed by atoms with Gasteiger partial charge in [0.25, 0.3) is 11.6 Å². The maximum atomic E-state index is 12.2. The van der Waals surface area contributed by atoms with Crippen LogP contribution in [0, 0.1) is 30.9 Å². The van der Waals surface area contributed by atoms with Gasteiger partial charge < -0.3 is 5.32 Å². The van der Waals surface area contributed by atoms with Crippen LogP contribution < -0.4 is 9.88 Å². The van der Waals surface area contributed by atoms with Crippen molar-refractivity contribution in [3.05, 3.63) is 63.5 Å². The van der Waals surface area contributed by atoms with Gasteiger partial charge in [-0.2, -0.15) is 4.57 Å². The molecule has 0 spiro atoms. The number of hydrogen-bond acceptors (Lipinski definition) is 3. The summed E-state index contributed by atoms with van der Waals surface area (Å²) in [5.41, 5.74) is 3.31. The molecular weight excluding hydrogens is 282 g/mol. The number of carbonyl (C=O) groups is 1. The Hall–Kier alpha value is -2.76. The second kappa shape index (κ2) is 6.34. The number of aromatic nitrogens is 1. The molecule has 114 valence electrons. The Morgan fingerprint density at radius 1 is 1.23 bits per heavy atom. The van der Waals surface area contributed by atoms with E-state index in [9.17, 15) is 14.9 Å². The molecule has 1 aromatic carbocycles. The van der Waals surface area contributed by atoms with Gasteiger partial charge in [0.1, 0.15) is 0 Å². The van der Waals surface area contributed by atoms with Crippen LogP contribution >= 0.6 is 0 Å². The Balaban J connectivity index is 2.17. The van der Waals surface area contributed by atoms with E-state index in [2.05, 4.69) is 5.32 Å². The summed E-state index contributed by atoms with van der Waals surface area (Å²) in [6, 6.07) is 8.28. The second-order valence-electron chi connectivity index (χ2n) is 5.21. The summed E-state index contributed by atoms with van der Waals surface area (Å²) in [5, 5.41) is 13.5. The number of anilines is 1. The van der Waals surface area contributed by atoms with E-state index in [1.165, 1.54) is 12.1 Å². The lowest BCUT2D eigenvalue weighted by atomic mass is 10.2. The van der Waals surface area contributed by atoms with Crippen molar-refractivity contribution in [2.45, 2.75) is 27.3 Å². The summed E-state index contributed by atoms with van der Waals surface area (Å²) >= 11 is 0. The highest BCUT2D eigenvalue weighted by molar-refractivity contribution is 5.90. The molecule has 0 fully saturated rings. The highest BCUT2D eigenvalue weighted by atomic mass is 16.6. The van der Waals surface area contributed by atoms with Crippen molar-refractivity contribution in [1.29, 1.82) is 0 Å². The van der Waals surface area contributed by atoms with Crippen LogP contribution in [-0.2, 0) is 11.3 Å². The minimum absolute atomic E-state index is 0.0414. The lowest BCUT2D eigenvalue weighted by Crippen LogP contribution is -2.43.